The van der Waals surface area contributed by atoms with E-state index in [2.05, 4.69) is 38.9 Å². The van der Waals surface area contributed by atoms with Crippen molar-refractivity contribution in [2.24, 2.45) is 0 Å². The predicted molar refractivity (Wildman–Crippen MR) is 117 cm³/mol. The molecule has 7 nitrogen and oxygen atoms in total. The molecule has 1 aliphatic rings. The third-order valence-corrected chi connectivity index (χ3v) is 5.82. The van der Waals surface area contributed by atoms with Gasteiger partial charge in [-0.25, -0.2) is 15.0 Å². The Hall–Kier alpha value is -3.39. The van der Waals surface area contributed by atoms with Gasteiger partial charge < -0.3 is 21.1 Å². The summed E-state index contributed by atoms with van der Waals surface area (Å²) in [6.07, 6.45) is 3.61. The maximum atomic E-state index is 6.08. The number of benzene rings is 1. The van der Waals surface area contributed by atoms with Gasteiger partial charge in [0, 0.05) is 41.8 Å². The van der Waals surface area contributed by atoms with Crippen molar-refractivity contribution in [3.8, 4) is 16.9 Å². The van der Waals surface area contributed by atoms with Crippen LogP contribution in [0.15, 0.2) is 42.7 Å². The van der Waals surface area contributed by atoms with E-state index in [0.717, 1.165) is 50.7 Å². The zero-order chi connectivity index (χ0) is 20.0. The van der Waals surface area contributed by atoms with Crippen LogP contribution in [0.4, 0.5) is 16.6 Å². The summed E-state index contributed by atoms with van der Waals surface area (Å²) >= 11 is 1.40. The normalized spacial score (nSPS) is 13.8. The number of ether oxygens (including phenoxy) is 1. The predicted octanol–water partition coefficient (Wildman–Crippen LogP) is 3.63. The van der Waals surface area contributed by atoms with Gasteiger partial charge in [-0.05, 0) is 42.3 Å². The molecule has 8 heteroatoms. The molecule has 0 saturated heterocycles. The van der Waals surface area contributed by atoms with E-state index >= 15 is 0 Å². The molecule has 4 aromatic rings. The second kappa shape index (κ2) is 6.89. The first-order chi connectivity index (χ1) is 14.1. The second-order valence-corrected chi connectivity index (χ2v) is 8.11. The van der Waals surface area contributed by atoms with Crippen LogP contribution in [0.3, 0.4) is 0 Å². The first-order valence-corrected chi connectivity index (χ1v) is 10.1. The quantitative estimate of drug-likeness (QED) is 0.526. The minimum Gasteiger partial charge on any atom is -0.491 e. The Labute approximate surface area is 172 Å². The highest BCUT2D eigenvalue weighted by Gasteiger charge is 2.20. The molecular weight excluding hydrogens is 384 g/mol. The van der Waals surface area contributed by atoms with Gasteiger partial charge in [-0.15, -0.1) is 0 Å². The fourth-order valence-electron chi connectivity index (χ4n) is 3.68. The topological polar surface area (TPSA) is 103 Å². The van der Waals surface area contributed by atoms with Crippen LogP contribution < -0.4 is 21.1 Å². The number of thiazole rings is 1. The Balaban J connectivity index is 1.55. The van der Waals surface area contributed by atoms with Crippen molar-refractivity contribution in [2.45, 2.75) is 13.5 Å². The number of nitrogen functional groups attached to an aromatic ring is 2. The van der Waals surface area contributed by atoms with Crippen LogP contribution >= 0.6 is 11.3 Å². The summed E-state index contributed by atoms with van der Waals surface area (Å²) in [5.41, 5.74) is 17.6. The van der Waals surface area contributed by atoms with Gasteiger partial charge in [-0.1, -0.05) is 11.3 Å². The molecule has 0 aliphatic carbocycles. The molecule has 0 radical (unpaired) electrons. The van der Waals surface area contributed by atoms with Crippen molar-refractivity contribution in [3.05, 3.63) is 53.9 Å². The molecule has 1 aromatic carbocycles. The number of aryl methyl sites for hydroxylation is 1. The minimum absolute atomic E-state index is 0.529. The highest BCUT2D eigenvalue weighted by Crippen LogP contribution is 2.35. The fourth-order valence-corrected chi connectivity index (χ4v) is 4.34. The zero-order valence-corrected chi connectivity index (χ0v) is 16.7. The van der Waals surface area contributed by atoms with Gasteiger partial charge >= 0.3 is 0 Å². The van der Waals surface area contributed by atoms with Crippen molar-refractivity contribution >= 4 is 38.3 Å². The Bertz CT molecular complexity index is 1220. The molecule has 4 N–H and O–H groups in total. The number of rotatable bonds is 2. The van der Waals surface area contributed by atoms with Gasteiger partial charge in [0.2, 0.25) is 0 Å². The average molecular weight is 404 g/mol. The lowest BCUT2D eigenvalue weighted by Crippen LogP contribution is -2.26. The molecule has 29 heavy (non-hydrogen) atoms. The lowest BCUT2D eigenvalue weighted by Gasteiger charge is -2.21. The monoisotopic (exact) mass is 404 g/mol. The van der Waals surface area contributed by atoms with Crippen LogP contribution in [0.2, 0.25) is 0 Å². The SMILES string of the molecule is Cc1cc(-c2cnc3sc(N)nc3c2)cc2c1OCCN(c1cc(N)ccn1)C2. The molecule has 3 aromatic heterocycles. The molecule has 0 atom stereocenters. The van der Waals surface area contributed by atoms with Gasteiger partial charge in [0.15, 0.2) is 5.13 Å². The van der Waals surface area contributed by atoms with Crippen molar-refractivity contribution in [3.63, 3.8) is 0 Å². The molecule has 1 aliphatic heterocycles. The van der Waals surface area contributed by atoms with E-state index in [0.29, 0.717) is 24.0 Å². The number of anilines is 3. The number of hydrogen-bond acceptors (Lipinski definition) is 8. The van der Waals surface area contributed by atoms with E-state index in [1.54, 1.807) is 12.3 Å². The van der Waals surface area contributed by atoms with Crippen LogP contribution in [0.5, 0.6) is 5.75 Å². The minimum atomic E-state index is 0.529. The van der Waals surface area contributed by atoms with E-state index in [1.165, 1.54) is 11.3 Å². The molecule has 0 amide bonds. The van der Waals surface area contributed by atoms with Crippen LogP contribution in [-0.2, 0) is 6.54 Å². The van der Waals surface area contributed by atoms with E-state index in [-0.39, 0.29) is 0 Å². The third kappa shape index (κ3) is 3.31. The number of hydrogen-bond donors (Lipinski definition) is 2. The summed E-state index contributed by atoms with van der Waals surface area (Å²) in [5.74, 6) is 1.79. The lowest BCUT2D eigenvalue weighted by atomic mass is 10.00. The van der Waals surface area contributed by atoms with E-state index in [1.807, 2.05) is 18.3 Å². The molecular formula is C21H20N6OS. The van der Waals surface area contributed by atoms with Crippen LogP contribution in [0, 0.1) is 6.92 Å². The number of aromatic nitrogens is 3. The third-order valence-electron chi connectivity index (χ3n) is 5.01. The molecule has 146 valence electrons. The second-order valence-electron chi connectivity index (χ2n) is 7.10. The van der Waals surface area contributed by atoms with Gasteiger partial charge in [0.05, 0.1) is 6.54 Å². The van der Waals surface area contributed by atoms with E-state index < -0.39 is 0 Å². The summed E-state index contributed by atoms with van der Waals surface area (Å²) in [4.78, 5) is 16.4. The summed E-state index contributed by atoms with van der Waals surface area (Å²) in [6, 6.07) is 10.0. The number of nitrogens with two attached hydrogens (primary N) is 2. The Morgan fingerprint density at radius 3 is 2.86 bits per heavy atom. The molecule has 0 spiro atoms. The molecule has 0 saturated carbocycles. The lowest BCUT2D eigenvalue weighted by molar-refractivity contribution is 0.329. The Kier molecular flexibility index (Phi) is 4.21. The van der Waals surface area contributed by atoms with Crippen molar-refractivity contribution in [2.75, 3.05) is 29.5 Å². The highest BCUT2D eigenvalue weighted by molar-refractivity contribution is 7.21. The van der Waals surface area contributed by atoms with Gasteiger partial charge in [0.1, 0.15) is 28.5 Å². The first kappa shape index (κ1) is 17.7. The van der Waals surface area contributed by atoms with Crippen molar-refractivity contribution < 1.29 is 4.74 Å². The van der Waals surface area contributed by atoms with Crippen molar-refractivity contribution in [1.29, 1.82) is 0 Å². The van der Waals surface area contributed by atoms with Gasteiger partial charge in [0.25, 0.3) is 0 Å². The summed E-state index contributed by atoms with van der Waals surface area (Å²) < 4.78 is 6.08. The van der Waals surface area contributed by atoms with Gasteiger partial charge in [-0.2, -0.15) is 0 Å². The first-order valence-electron chi connectivity index (χ1n) is 9.32. The largest absolute Gasteiger partial charge is 0.491 e. The smallest absolute Gasteiger partial charge is 0.182 e. The Morgan fingerprint density at radius 1 is 1.10 bits per heavy atom. The molecule has 0 bridgehead atoms. The van der Waals surface area contributed by atoms with E-state index in [4.69, 9.17) is 16.2 Å². The number of nitrogens with zero attached hydrogens (tertiary/aromatic N) is 4. The van der Waals surface area contributed by atoms with Crippen LogP contribution in [0.1, 0.15) is 11.1 Å². The Morgan fingerprint density at radius 2 is 2.00 bits per heavy atom. The number of fused-ring (bicyclic) bond motifs is 2. The maximum absolute atomic E-state index is 6.08. The molecule has 4 heterocycles. The summed E-state index contributed by atoms with van der Waals surface area (Å²) in [7, 11) is 0. The number of pyridine rings is 2. The summed E-state index contributed by atoms with van der Waals surface area (Å²) in [6.45, 7) is 4.10. The maximum Gasteiger partial charge on any atom is 0.182 e. The standard InChI is InChI=1S/C21H20N6OS/c1-12-6-13(14-8-17-20(25-10-14)29-21(23)26-17)7-15-11-27(4-5-28-19(12)15)18-9-16(22)2-3-24-18/h2-3,6-10H,4-5,11H2,1H3,(H2,22,24)(H2,23,26). The van der Waals surface area contributed by atoms with E-state index in [9.17, 15) is 0 Å². The summed E-state index contributed by atoms with van der Waals surface area (Å²) in [5, 5.41) is 0.529. The van der Waals surface area contributed by atoms with Crippen LogP contribution in [-0.4, -0.2) is 28.1 Å². The average Bonchev–Trinajstić information content (AvgIpc) is 2.93. The fraction of sp³-hybridized carbons (Fsp3) is 0.190. The molecule has 5 rings (SSSR count). The highest BCUT2D eigenvalue weighted by atomic mass is 32.1. The molecule has 0 unspecified atom stereocenters. The van der Waals surface area contributed by atoms with Gasteiger partial charge in [-0.3, -0.25) is 0 Å². The van der Waals surface area contributed by atoms with Crippen LogP contribution in [0.25, 0.3) is 21.5 Å². The molecule has 0 fully saturated rings. The zero-order valence-electron chi connectivity index (χ0n) is 15.9. The van der Waals surface area contributed by atoms with Crippen molar-refractivity contribution in [1.82, 2.24) is 15.0 Å².